The summed E-state index contributed by atoms with van der Waals surface area (Å²) in [6, 6.07) is 8.30. The number of fused-ring (bicyclic) bond motifs is 8. The molecule has 0 aliphatic carbocycles. The summed E-state index contributed by atoms with van der Waals surface area (Å²) in [4.78, 5) is 2.34. The summed E-state index contributed by atoms with van der Waals surface area (Å²) in [5.41, 5.74) is 4.43. The average Bonchev–Trinajstić information content (AvgIpc) is 3.35. The molecule has 0 spiro atoms. The predicted octanol–water partition coefficient (Wildman–Crippen LogP) is 3.09. The zero-order valence-corrected chi connectivity index (χ0v) is 15.8. The Bertz CT molecular complexity index is 960. The molecule has 0 saturated carbocycles. The highest BCUT2D eigenvalue weighted by Gasteiger charge is 2.44. The van der Waals surface area contributed by atoms with E-state index in [1.165, 1.54) is 5.56 Å². The van der Waals surface area contributed by atoms with Gasteiger partial charge in [0.05, 0.1) is 11.6 Å². The van der Waals surface area contributed by atoms with Crippen molar-refractivity contribution < 1.29 is 28.4 Å². The minimum Gasteiger partial charge on any atom is -0.454 e. The van der Waals surface area contributed by atoms with Crippen LogP contribution in [0.5, 0.6) is 23.0 Å². The Morgan fingerprint density at radius 1 is 0.964 bits per heavy atom. The summed E-state index contributed by atoms with van der Waals surface area (Å²) < 4.78 is 34.8. The first-order valence-electron chi connectivity index (χ1n) is 9.48. The summed E-state index contributed by atoms with van der Waals surface area (Å²) in [6.07, 6.45) is 0.198. The molecule has 3 atom stereocenters. The molecule has 0 aromatic heterocycles. The molecule has 4 aliphatic heterocycles. The monoisotopic (exact) mass is 383 g/mol. The van der Waals surface area contributed by atoms with Crippen molar-refractivity contribution in [3.63, 3.8) is 0 Å². The van der Waals surface area contributed by atoms with Crippen LogP contribution in [0.3, 0.4) is 0 Å². The zero-order valence-electron chi connectivity index (χ0n) is 15.8. The third kappa shape index (κ3) is 2.21. The number of likely N-dealkylation sites (N-methyl/N-ethyl adjacent to an activating group) is 1. The van der Waals surface area contributed by atoms with Crippen molar-refractivity contribution in [1.29, 1.82) is 0 Å². The van der Waals surface area contributed by atoms with E-state index < -0.39 is 6.29 Å². The molecular formula is C21H21NO6. The Labute approximate surface area is 162 Å². The van der Waals surface area contributed by atoms with Gasteiger partial charge in [-0.2, -0.15) is 0 Å². The van der Waals surface area contributed by atoms with E-state index in [0.717, 1.165) is 52.7 Å². The highest BCUT2D eigenvalue weighted by atomic mass is 16.7. The van der Waals surface area contributed by atoms with Crippen molar-refractivity contribution in [3.8, 4) is 23.0 Å². The molecule has 7 heteroatoms. The summed E-state index contributed by atoms with van der Waals surface area (Å²) in [5, 5.41) is 0. The summed E-state index contributed by atoms with van der Waals surface area (Å²) >= 11 is 0. The standard InChI is InChI=1S/C21H21NO6/c1-22-6-5-11-7-15-16(26-9-25-15)8-13(11)19-18(22)12-3-4-14-20(27-10-24-14)17(12)21(23-2)28-19/h3-4,7-8,18-19,21H,5-6,9-10H2,1-2H3/t18?,19?,21-/m0/s1. The van der Waals surface area contributed by atoms with E-state index in [2.05, 4.69) is 30.1 Å². The van der Waals surface area contributed by atoms with Gasteiger partial charge in [0, 0.05) is 13.7 Å². The highest BCUT2D eigenvalue weighted by Crippen LogP contribution is 2.55. The second-order valence-electron chi connectivity index (χ2n) is 7.51. The third-order valence-electron chi connectivity index (χ3n) is 6.09. The molecule has 0 amide bonds. The highest BCUT2D eigenvalue weighted by molar-refractivity contribution is 5.56. The van der Waals surface area contributed by atoms with Crippen molar-refractivity contribution in [1.82, 2.24) is 4.90 Å². The molecular weight excluding hydrogens is 362 g/mol. The van der Waals surface area contributed by atoms with E-state index in [0.29, 0.717) is 0 Å². The maximum Gasteiger partial charge on any atom is 0.231 e. The van der Waals surface area contributed by atoms with Crippen molar-refractivity contribution in [2.24, 2.45) is 0 Å². The van der Waals surface area contributed by atoms with Crippen LogP contribution < -0.4 is 18.9 Å². The van der Waals surface area contributed by atoms with Gasteiger partial charge < -0.3 is 28.4 Å². The first-order chi connectivity index (χ1) is 13.7. The second-order valence-corrected chi connectivity index (χ2v) is 7.51. The Morgan fingerprint density at radius 3 is 2.61 bits per heavy atom. The van der Waals surface area contributed by atoms with E-state index >= 15 is 0 Å². The molecule has 2 aromatic rings. The van der Waals surface area contributed by atoms with Crippen LogP contribution in [0.15, 0.2) is 24.3 Å². The molecule has 0 fully saturated rings. The second kappa shape index (κ2) is 6.01. The lowest BCUT2D eigenvalue weighted by Crippen LogP contribution is -2.35. The average molecular weight is 383 g/mol. The quantitative estimate of drug-likeness (QED) is 0.750. The fraction of sp³-hybridized carbons (Fsp3) is 0.429. The smallest absolute Gasteiger partial charge is 0.231 e. The lowest BCUT2D eigenvalue weighted by Gasteiger charge is -2.41. The van der Waals surface area contributed by atoms with Gasteiger partial charge in [-0.15, -0.1) is 0 Å². The summed E-state index contributed by atoms with van der Waals surface area (Å²) in [5.74, 6) is 3.05. The van der Waals surface area contributed by atoms with Crippen molar-refractivity contribution >= 4 is 0 Å². The molecule has 2 aromatic carbocycles. The van der Waals surface area contributed by atoms with E-state index in [1.54, 1.807) is 7.11 Å². The summed E-state index contributed by atoms with van der Waals surface area (Å²) in [7, 11) is 3.79. The minimum absolute atomic E-state index is 0.0394. The fourth-order valence-electron chi connectivity index (χ4n) is 4.75. The molecule has 7 nitrogen and oxygen atoms in total. The molecule has 0 saturated heterocycles. The van der Waals surface area contributed by atoms with Crippen LogP contribution in [0.2, 0.25) is 0 Å². The molecule has 4 heterocycles. The minimum atomic E-state index is -0.530. The molecule has 28 heavy (non-hydrogen) atoms. The normalized spacial score (nSPS) is 27.0. The first-order valence-corrected chi connectivity index (χ1v) is 9.48. The van der Waals surface area contributed by atoms with E-state index in [1.807, 2.05) is 6.07 Å². The Balaban J connectivity index is 1.54. The van der Waals surface area contributed by atoms with E-state index in [9.17, 15) is 0 Å². The van der Waals surface area contributed by atoms with Crippen LogP contribution in [-0.4, -0.2) is 39.2 Å². The van der Waals surface area contributed by atoms with Gasteiger partial charge in [0.15, 0.2) is 29.3 Å². The van der Waals surface area contributed by atoms with Gasteiger partial charge in [0.2, 0.25) is 13.6 Å². The first kappa shape index (κ1) is 16.5. The van der Waals surface area contributed by atoms with Crippen LogP contribution in [0, 0.1) is 0 Å². The van der Waals surface area contributed by atoms with Crippen molar-refractivity contribution in [3.05, 3.63) is 46.5 Å². The Kier molecular flexibility index (Phi) is 3.53. The molecule has 0 N–H and O–H groups in total. The van der Waals surface area contributed by atoms with Gasteiger partial charge in [-0.1, -0.05) is 6.07 Å². The molecule has 4 aliphatic rings. The number of hydrogen-bond acceptors (Lipinski definition) is 7. The molecule has 0 bridgehead atoms. The van der Waals surface area contributed by atoms with E-state index in [4.69, 9.17) is 28.4 Å². The SMILES string of the molecule is CO[C@H]1OC2c3cc4c(cc3CCN(C)C2c2ccc3c(c21)OCO3)OCO4. The molecule has 6 rings (SSSR count). The number of ether oxygens (including phenoxy) is 6. The van der Waals surface area contributed by atoms with E-state index in [-0.39, 0.29) is 25.7 Å². The molecule has 146 valence electrons. The van der Waals surface area contributed by atoms with Crippen LogP contribution >= 0.6 is 0 Å². The third-order valence-corrected chi connectivity index (χ3v) is 6.09. The van der Waals surface area contributed by atoms with Gasteiger partial charge in [0.1, 0.15) is 6.10 Å². The van der Waals surface area contributed by atoms with Crippen molar-refractivity contribution in [2.75, 3.05) is 34.3 Å². The number of benzene rings is 2. The fourth-order valence-corrected chi connectivity index (χ4v) is 4.75. The summed E-state index contributed by atoms with van der Waals surface area (Å²) in [6.45, 7) is 1.39. The Morgan fingerprint density at radius 2 is 1.75 bits per heavy atom. The maximum atomic E-state index is 6.53. The topological polar surface area (TPSA) is 58.6 Å². The lowest BCUT2D eigenvalue weighted by molar-refractivity contribution is -0.190. The zero-order chi connectivity index (χ0) is 18.8. The van der Waals surface area contributed by atoms with Crippen LogP contribution in [-0.2, 0) is 15.9 Å². The van der Waals surface area contributed by atoms with Gasteiger partial charge in [0.25, 0.3) is 0 Å². The predicted molar refractivity (Wildman–Crippen MR) is 97.8 cm³/mol. The van der Waals surface area contributed by atoms with Crippen molar-refractivity contribution in [2.45, 2.75) is 24.9 Å². The number of nitrogens with zero attached hydrogens (tertiary/aromatic N) is 1. The van der Waals surface area contributed by atoms with Gasteiger partial charge in [-0.05, 0) is 48.4 Å². The Hall–Kier alpha value is -2.48. The maximum absolute atomic E-state index is 6.53. The molecule has 2 unspecified atom stereocenters. The van der Waals surface area contributed by atoms with Crippen LogP contribution in [0.1, 0.15) is 40.7 Å². The van der Waals surface area contributed by atoms with Gasteiger partial charge in [-0.3, -0.25) is 4.90 Å². The van der Waals surface area contributed by atoms with Crippen LogP contribution in [0.4, 0.5) is 0 Å². The molecule has 0 radical (unpaired) electrons. The number of methoxy groups -OCH3 is 1. The van der Waals surface area contributed by atoms with Gasteiger partial charge >= 0.3 is 0 Å². The van der Waals surface area contributed by atoms with Crippen LogP contribution in [0.25, 0.3) is 0 Å². The number of rotatable bonds is 1. The largest absolute Gasteiger partial charge is 0.454 e. The lowest BCUT2D eigenvalue weighted by atomic mass is 9.87. The number of hydrogen-bond donors (Lipinski definition) is 0. The van der Waals surface area contributed by atoms with Gasteiger partial charge in [-0.25, -0.2) is 0 Å².